The van der Waals surface area contributed by atoms with Gasteiger partial charge in [0.15, 0.2) is 0 Å². The van der Waals surface area contributed by atoms with Gasteiger partial charge in [0.1, 0.15) is 0 Å². The van der Waals surface area contributed by atoms with E-state index in [-0.39, 0.29) is 11.1 Å². The molecule has 108 valence electrons. The molecule has 0 amide bonds. The van der Waals surface area contributed by atoms with Crippen LogP contribution in [0.15, 0.2) is 28.9 Å². The quantitative estimate of drug-likeness (QED) is 0.842. The SMILES string of the molecule is CC1(C)CC(n2cc3ccc(Br)cc3n2)CC(C)(C)N1. The first kappa shape index (κ1) is 14.1. The van der Waals surface area contributed by atoms with Gasteiger partial charge < -0.3 is 5.32 Å². The van der Waals surface area contributed by atoms with E-state index in [4.69, 9.17) is 5.10 Å². The number of nitrogens with zero attached hydrogens (tertiary/aromatic N) is 2. The van der Waals surface area contributed by atoms with Crippen LogP contribution in [0, 0.1) is 0 Å². The van der Waals surface area contributed by atoms with Crippen molar-refractivity contribution in [3.63, 3.8) is 0 Å². The molecule has 0 aliphatic carbocycles. The van der Waals surface area contributed by atoms with Gasteiger partial charge in [-0.1, -0.05) is 22.0 Å². The maximum Gasteiger partial charge on any atom is 0.0934 e. The standard InChI is InChI=1S/C16H22BrN3/c1-15(2)8-13(9-16(3,4)19-15)20-10-11-5-6-12(17)7-14(11)18-20/h5-7,10,13,19H,8-9H2,1-4H3. The average molecular weight is 336 g/mol. The van der Waals surface area contributed by atoms with Crippen LogP contribution >= 0.6 is 15.9 Å². The molecular formula is C16H22BrN3. The minimum Gasteiger partial charge on any atom is -0.307 e. The van der Waals surface area contributed by atoms with E-state index in [9.17, 15) is 0 Å². The van der Waals surface area contributed by atoms with Crippen LogP contribution in [-0.4, -0.2) is 20.9 Å². The van der Waals surface area contributed by atoms with Crippen molar-refractivity contribution < 1.29 is 0 Å². The second kappa shape index (κ2) is 4.57. The molecule has 1 aromatic carbocycles. The van der Waals surface area contributed by atoms with Crippen molar-refractivity contribution in [3.05, 3.63) is 28.9 Å². The van der Waals surface area contributed by atoms with Crippen molar-refractivity contribution in [1.29, 1.82) is 0 Å². The molecule has 2 heterocycles. The molecule has 1 saturated heterocycles. The lowest BCUT2D eigenvalue weighted by atomic mass is 9.80. The van der Waals surface area contributed by atoms with Crippen molar-refractivity contribution in [3.8, 4) is 0 Å². The maximum absolute atomic E-state index is 4.79. The normalized spacial score (nSPS) is 22.2. The number of hydrogen-bond acceptors (Lipinski definition) is 2. The fourth-order valence-electron chi connectivity index (χ4n) is 3.65. The molecule has 3 rings (SSSR count). The predicted octanol–water partition coefficient (Wildman–Crippen LogP) is 4.28. The minimum absolute atomic E-state index is 0.144. The molecular weight excluding hydrogens is 314 g/mol. The van der Waals surface area contributed by atoms with Gasteiger partial charge in [-0.25, -0.2) is 0 Å². The Bertz CT molecular complexity index is 626. The summed E-state index contributed by atoms with van der Waals surface area (Å²) in [5.74, 6) is 0. The van der Waals surface area contributed by atoms with E-state index < -0.39 is 0 Å². The summed E-state index contributed by atoms with van der Waals surface area (Å²) >= 11 is 3.51. The summed E-state index contributed by atoms with van der Waals surface area (Å²) in [5, 5.41) is 9.72. The monoisotopic (exact) mass is 335 g/mol. The molecule has 1 aliphatic heterocycles. The molecule has 0 spiro atoms. The van der Waals surface area contributed by atoms with Crippen molar-refractivity contribution >= 4 is 26.8 Å². The number of halogens is 1. The highest BCUT2D eigenvalue weighted by molar-refractivity contribution is 9.10. The van der Waals surface area contributed by atoms with Gasteiger partial charge in [-0.2, -0.15) is 5.10 Å². The number of nitrogens with one attached hydrogen (secondary N) is 1. The minimum atomic E-state index is 0.144. The summed E-state index contributed by atoms with van der Waals surface area (Å²) in [6.45, 7) is 9.11. The Morgan fingerprint density at radius 1 is 1.20 bits per heavy atom. The molecule has 3 nitrogen and oxygen atoms in total. The van der Waals surface area contributed by atoms with Crippen molar-refractivity contribution in [2.45, 2.75) is 57.7 Å². The second-order valence-corrected chi connectivity index (χ2v) is 8.18. The number of fused-ring (bicyclic) bond motifs is 1. The first-order chi connectivity index (χ1) is 9.24. The molecule has 0 radical (unpaired) electrons. The first-order valence-corrected chi connectivity index (χ1v) is 7.97. The molecule has 1 N–H and O–H groups in total. The Labute approximate surface area is 128 Å². The summed E-state index contributed by atoms with van der Waals surface area (Å²) in [4.78, 5) is 0. The Hall–Kier alpha value is -0.870. The third-order valence-corrected chi connectivity index (χ3v) is 4.52. The Kier molecular flexibility index (Phi) is 3.22. The smallest absolute Gasteiger partial charge is 0.0934 e. The van der Waals surface area contributed by atoms with Gasteiger partial charge >= 0.3 is 0 Å². The van der Waals surface area contributed by atoms with E-state index in [0.717, 1.165) is 22.8 Å². The molecule has 0 unspecified atom stereocenters. The second-order valence-electron chi connectivity index (χ2n) is 7.27. The van der Waals surface area contributed by atoms with Gasteiger partial charge in [-0.15, -0.1) is 0 Å². The topological polar surface area (TPSA) is 29.9 Å². The van der Waals surface area contributed by atoms with E-state index >= 15 is 0 Å². The fraction of sp³-hybridized carbons (Fsp3) is 0.562. The van der Waals surface area contributed by atoms with E-state index in [1.165, 1.54) is 5.39 Å². The van der Waals surface area contributed by atoms with Gasteiger partial charge in [-0.3, -0.25) is 4.68 Å². The molecule has 2 aromatic rings. The fourth-order valence-corrected chi connectivity index (χ4v) is 4.00. The largest absolute Gasteiger partial charge is 0.307 e. The predicted molar refractivity (Wildman–Crippen MR) is 87.0 cm³/mol. The molecule has 1 aromatic heterocycles. The zero-order chi connectivity index (χ0) is 14.5. The van der Waals surface area contributed by atoms with Gasteiger partial charge in [0.25, 0.3) is 0 Å². The zero-order valence-electron chi connectivity index (χ0n) is 12.6. The Morgan fingerprint density at radius 3 is 2.50 bits per heavy atom. The Morgan fingerprint density at radius 2 is 1.85 bits per heavy atom. The summed E-state index contributed by atoms with van der Waals surface area (Å²) in [5.41, 5.74) is 1.35. The maximum atomic E-state index is 4.79. The molecule has 1 fully saturated rings. The molecule has 0 bridgehead atoms. The average Bonchev–Trinajstić information content (AvgIpc) is 2.67. The molecule has 0 saturated carbocycles. The number of hydrogen-bond donors (Lipinski definition) is 1. The Balaban J connectivity index is 1.97. The van der Waals surface area contributed by atoms with E-state index in [0.29, 0.717) is 6.04 Å². The highest BCUT2D eigenvalue weighted by Crippen LogP contribution is 2.36. The summed E-state index contributed by atoms with van der Waals surface area (Å²) < 4.78 is 3.25. The van der Waals surface area contributed by atoms with Crippen LogP contribution in [0.4, 0.5) is 0 Å². The number of rotatable bonds is 1. The van der Waals surface area contributed by atoms with Gasteiger partial charge in [0.2, 0.25) is 0 Å². The van der Waals surface area contributed by atoms with Crippen LogP contribution in [0.25, 0.3) is 10.9 Å². The number of benzene rings is 1. The molecule has 4 heteroatoms. The lowest BCUT2D eigenvalue weighted by Gasteiger charge is -2.46. The van der Waals surface area contributed by atoms with Gasteiger partial charge in [0, 0.05) is 27.1 Å². The van der Waals surface area contributed by atoms with Gasteiger partial charge in [-0.05, 0) is 52.7 Å². The van der Waals surface area contributed by atoms with Crippen molar-refractivity contribution in [1.82, 2.24) is 15.1 Å². The first-order valence-electron chi connectivity index (χ1n) is 7.18. The third-order valence-electron chi connectivity index (χ3n) is 4.03. The lowest BCUT2D eigenvalue weighted by molar-refractivity contribution is 0.126. The van der Waals surface area contributed by atoms with Crippen LogP contribution < -0.4 is 5.32 Å². The van der Waals surface area contributed by atoms with Crippen LogP contribution in [0.5, 0.6) is 0 Å². The zero-order valence-corrected chi connectivity index (χ0v) is 14.2. The lowest BCUT2D eigenvalue weighted by Crippen LogP contribution is -2.58. The number of piperidine rings is 1. The highest BCUT2D eigenvalue weighted by Gasteiger charge is 2.38. The van der Waals surface area contributed by atoms with Crippen LogP contribution in [0.1, 0.15) is 46.6 Å². The van der Waals surface area contributed by atoms with Crippen LogP contribution in [-0.2, 0) is 0 Å². The van der Waals surface area contributed by atoms with E-state index in [1.807, 2.05) is 0 Å². The summed E-state index contributed by atoms with van der Waals surface area (Å²) in [7, 11) is 0. The summed E-state index contributed by atoms with van der Waals surface area (Å²) in [6, 6.07) is 6.74. The van der Waals surface area contributed by atoms with Crippen molar-refractivity contribution in [2.24, 2.45) is 0 Å². The molecule has 1 aliphatic rings. The van der Waals surface area contributed by atoms with Crippen LogP contribution in [0.2, 0.25) is 0 Å². The van der Waals surface area contributed by atoms with E-state index in [2.05, 4.69) is 78.0 Å². The number of aromatic nitrogens is 2. The molecule has 0 atom stereocenters. The van der Waals surface area contributed by atoms with Crippen LogP contribution in [0.3, 0.4) is 0 Å². The van der Waals surface area contributed by atoms with E-state index in [1.54, 1.807) is 0 Å². The summed E-state index contributed by atoms with van der Waals surface area (Å²) in [6.07, 6.45) is 4.39. The third kappa shape index (κ3) is 2.77. The van der Waals surface area contributed by atoms with Crippen molar-refractivity contribution in [2.75, 3.05) is 0 Å². The molecule has 20 heavy (non-hydrogen) atoms. The van der Waals surface area contributed by atoms with Gasteiger partial charge in [0.05, 0.1) is 11.6 Å². The highest BCUT2D eigenvalue weighted by atomic mass is 79.9.